The largest absolute Gasteiger partial charge is 0.416 e. The van der Waals surface area contributed by atoms with E-state index in [-0.39, 0.29) is 6.54 Å². The van der Waals surface area contributed by atoms with Gasteiger partial charge in [0.1, 0.15) is 0 Å². The number of halogens is 4. The summed E-state index contributed by atoms with van der Waals surface area (Å²) in [4.78, 5) is 14.7. The Kier molecular flexibility index (Phi) is 4.55. The smallest absolute Gasteiger partial charge is 0.369 e. The van der Waals surface area contributed by atoms with E-state index in [1.807, 2.05) is 9.80 Å². The standard InChI is InChI=1S/C13H14ClF3N2O/c14-12(20)9-18-5-7-19(8-6-18)11-3-1-10(2-4-11)13(15,16)17/h1-4H,5-9H2. The first-order valence-electron chi connectivity index (χ1n) is 6.19. The van der Waals surface area contributed by atoms with Crippen LogP contribution in [0.5, 0.6) is 0 Å². The number of carbonyl (C=O) groups is 1. The molecule has 110 valence electrons. The minimum absolute atomic E-state index is 0.211. The van der Waals surface area contributed by atoms with Gasteiger partial charge in [0, 0.05) is 31.9 Å². The lowest BCUT2D eigenvalue weighted by atomic mass is 10.1. The first kappa shape index (κ1) is 15.1. The number of carbonyl (C=O) groups excluding carboxylic acids is 1. The van der Waals surface area contributed by atoms with Crippen molar-refractivity contribution in [3.8, 4) is 0 Å². The zero-order valence-electron chi connectivity index (χ0n) is 10.7. The van der Waals surface area contributed by atoms with Crippen LogP contribution in [0.1, 0.15) is 5.56 Å². The number of piperazine rings is 1. The molecule has 0 radical (unpaired) electrons. The topological polar surface area (TPSA) is 23.6 Å². The molecule has 0 bridgehead atoms. The van der Waals surface area contributed by atoms with Gasteiger partial charge in [0.05, 0.1) is 12.1 Å². The van der Waals surface area contributed by atoms with Crippen LogP contribution in [0.2, 0.25) is 0 Å². The molecule has 0 saturated carbocycles. The molecular weight excluding hydrogens is 293 g/mol. The lowest BCUT2D eigenvalue weighted by Crippen LogP contribution is -2.47. The Morgan fingerprint density at radius 2 is 1.65 bits per heavy atom. The highest BCUT2D eigenvalue weighted by molar-refractivity contribution is 6.64. The highest BCUT2D eigenvalue weighted by Crippen LogP contribution is 2.30. The van der Waals surface area contributed by atoms with Gasteiger partial charge in [0.25, 0.3) is 0 Å². The molecule has 1 saturated heterocycles. The van der Waals surface area contributed by atoms with Crippen molar-refractivity contribution in [1.82, 2.24) is 4.90 Å². The zero-order chi connectivity index (χ0) is 14.8. The van der Waals surface area contributed by atoms with Crippen molar-refractivity contribution in [2.45, 2.75) is 6.18 Å². The molecule has 1 aromatic rings. The summed E-state index contributed by atoms with van der Waals surface area (Å²) in [6, 6.07) is 5.13. The Bertz CT molecular complexity index is 467. The van der Waals surface area contributed by atoms with Crippen LogP contribution in [-0.2, 0) is 11.0 Å². The molecular formula is C13H14ClF3N2O. The highest BCUT2D eigenvalue weighted by Gasteiger charge is 2.30. The molecule has 1 aliphatic heterocycles. The van der Waals surface area contributed by atoms with E-state index in [1.165, 1.54) is 12.1 Å². The fourth-order valence-corrected chi connectivity index (χ4v) is 2.37. The predicted molar refractivity (Wildman–Crippen MR) is 71.0 cm³/mol. The molecule has 0 N–H and O–H groups in total. The number of hydrogen-bond acceptors (Lipinski definition) is 3. The second kappa shape index (κ2) is 6.01. The van der Waals surface area contributed by atoms with E-state index in [4.69, 9.17) is 11.6 Å². The molecule has 1 heterocycles. The average molecular weight is 307 g/mol. The zero-order valence-corrected chi connectivity index (χ0v) is 11.4. The Labute approximate surface area is 119 Å². The normalized spacial score (nSPS) is 17.3. The van der Waals surface area contributed by atoms with Gasteiger partial charge >= 0.3 is 6.18 Å². The number of alkyl halides is 3. The first-order valence-corrected chi connectivity index (χ1v) is 6.57. The Morgan fingerprint density at radius 3 is 2.10 bits per heavy atom. The minimum Gasteiger partial charge on any atom is -0.369 e. The number of benzene rings is 1. The monoisotopic (exact) mass is 306 g/mol. The molecule has 1 aromatic carbocycles. The third-order valence-electron chi connectivity index (χ3n) is 3.28. The molecule has 0 aromatic heterocycles. The minimum atomic E-state index is -4.31. The number of hydrogen-bond donors (Lipinski definition) is 0. The van der Waals surface area contributed by atoms with Crippen LogP contribution in [0.15, 0.2) is 24.3 Å². The number of nitrogens with zero attached hydrogens (tertiary/aromatic N) is 2. The third kappa shape index (κ3) is 3.86. The van der Waals surface area contributed by atoms with Crippen LogP contribution in [0.25, 0.3) is 0 Å². The molecule has 2 rings (SSSR count). The lowest BCUT2D eigenvalue weighted by Gasteiger charge is -2.35. The first-order chi connectivity index (χ1) is 9.36. The lowest BCUT2D eigenvalue weighted by molar-refractivity contribution is -0.137. The van der Waals surface area contributed by atoms with Gasteiger partial charge in [0.15, 0.2) is 0 Å². The highest BCUT2D eigenvalue weighted by atomic mass is 35.5. The SMILES string of the molecule is O=C(Cl)CN1CCN(c2ccc(C(F)(F)F)cc2)CC1. The Balaban J connectivity index is 1.95. The molecule has 0 spiro atoms. The van der Waals surface area contributed by atoms with E-state index < -0.39 is 17.0 Å². The maximum absolute atomic E-state index is 12.5. The molecule has 0 aliphatic carbocycles. The fourth-order valence-electron chi connectivity index (χ4n) is 2.20. The van der Waals surface area contributed by atoms with Gasteiger partial charge in [-0.3, -0.25) is 9.69 Å². The molecule has 7 heteroatoms. The van der Waals surface area contributed by atoms with Gasteiger partial charge in [-0.25, -0.2) is 0 Å². The second-order valence-electron chi connectivity index (χ2n) is 4.66. The van der Waals surface area contributed by atoms with Crippen LogP contribution in [0.4, 0.5) is 18.9 Å². The molecule has 0 unspecified atom stereocenters. The van der Waals surface area contributed by atoms with E-state index in [2.05, 4.69) is 0 Å². The van der Waals surface area contributed by atoms with Crippen molar-refractivity contribution in [3.63, 3.8) is 0 Å². The summed E-state index contributed by atoms with van der Waals surface area (Å²) in [5.74, 6) is 0. The van der Waals surface area contributed by atoms with Gasteiger partial charge in [-0.05, 0) is 35.9 Å². The van der Waals surface area contributed by atoms with Gasteiger partial charge in [0.2, 0.25) is 5.24 Å². The van der Waals surface area contributed by atoms with Crippen molar-refractivity contribution in [3.05, 3.63) is 29.8 Å². The van der Waals surface area contributed by atoms with Crippen LogP contribution in [0, 0.1) is 0 Å². The maximum Gasteiger partial charge on any atom is 0.416 e. The van der Waals surface area contributed by atoms with Crippen LogP contribution in [0.3, 0.4) is 0 Å². The molecule has 0 amide bonds. The van der Waals surface area contributed by atoms with Crippen LogP contribution in [-0.4, -0.2) is 42.9 Å². The van der Waals surface area contributed by atoms with Crippen molar-refractivity contribution >= 4 is 22.5 Å². The van der Waals surface area contributed by atoms with E-state index in [1.54, 1.807) is 0 Å². The third-order valence-corrected chi connectivity index (χ3v) is 3.40. The van der Waals surface area contributed by atoms with Crippen molar-refractivity contribution < 1.29 is 18.0 Å². The fraction of sp³-hybridized carbons (Fsp3) is 0.462. The second-order valence-corrected chi connectivity index (χ2v) is 5.08. The van der Waals surface area contributed by atoms with Crippen LogP contribution < -0.4 is 4.90 Å². The molecule has 3 nitrogen and oxygen atoms in total. The van der Waals surface area contributed by atoms with Gasteiger partial charge < -0.3 is 4.90 Å². The van der Waals surface area contributed by atoms with E-state index in [0.29, 0.717) is 26.2 Å². The average Bonchev–Trinajstić information content (AvgIpc) is 2.38. The summed E-state index contributed by atoms with van der Waals surface area (Å²) in [7, 11) is 0. The summed E-state index contributed by atoms with van der Waals surface area (Å²) in [6.07, 6.45) is -4.31. The quantitative estimate of drug-likeness (QED) is 0.802. The summed E-state index contributed by atoms with van der Waals surface area (Å²) in [5.41, 5.74) is 0.113. The van der Waals surface area contributed by atoms with Gasteiger partial charge in [-0.1, -0.05) is 0 Å². The van der Waals surface area contributed by atoms with Crippen LogP contribution >= 0.6 is 11.6 Å². The van der Waals surface area contributed by atoms with Crippen molar-refractivity contribution in [2.75, 3.05) is 37.6 Å². The number of anilines is 1. The van der Waals surface area contributed by atoms with Gasteiger partial charge in [-0.2, -0.15) is 13.2 Å². The predicted octanol–water partition coefficient (Wildman–Crippen LogP) is 2.59. The summed E-state index contributed by atoms with van der Waals surface area (Å²) in [5, 5.41) is -0.395. The summed E-state index contributed by atoms with van der Waals surface area (Å²) < 4.78 is 37.4. The van der Waals surface area contributed by atoms with E-state index in [0.717, 1.165) is 17.8 Å². The van der Waals surface area contributed by atoms with Crippen molar-refractivity contribution in [2.24, 2.45) is 0 Å². The summed E-state index contributed by atoms with van der Waals surface area (Å²) in [6.45, 7) is 2.87. The van der Waals surface area contributed by atoms with E-state index >= 15 is 0 Å². The molecule has 0 atom stereocenters. The Morgan fingerprint density at radius 1 is 1.10 bits per heavy atom. The number of rotatable bonds is 3. The Hall–Kier alpha value is -1.27. The molecule has 20 heavy (non-hydrogen) atoms. The molecule has 1 aliphatic rings. The van der Waals surface area contributed by atoms with Gasteiger partial charge in [-0.15, -0.1) is 0 Å². The summed E-state index contributed by atoms with van der Waals surface area (Å²) >= 11 is 5.32. The molecule has 1 fully saturated rings. The van der Waals surface area contributed by atoms with E-state index in [9.17, 15) is 18.0 Å². The van der Waals surface area contributed by atoms with Crippen molar-refractivity contribution in [1.29, 1.82) is 0 Å². The maximum atomic E-state index is 12.5.